The molecule has 0 aliphatic carbocycles. The predicted octanol–water partition coefficient (Wildman–Crippen LogP) is 10.7. The average Bonchev–Trinajstić information content (AvgIpc) is 3.29. The SMILES string of the molecule is CC(C)(C)c1cccc(C(C)(C)C)c1O.O=C(CCc1ccccc1)OCC(COC(=O)CCc1ccccc1)(COC(=O)CCc1ccccc1)COC(=O)CCc1ccccc1. The highest BCUT2D eigenvalue weighted by atomic mass is 16.6. The van der Waals surface area contributed by atoms with Gasteiger partial charge < -0.3 is 24.1 Å². The lowest BCUT2D eigenvalue weighted by molar-refractivity contribution is -0.170. The highest BCUT2D eigenvalue weighted by molar-refractivity contribution is 5.71. The summed E-state index contributed by atoms with van der Waals surface area (Å²) >= 11 is 0. The standard InChI is InChI=1S/C41H44O8.C14H22O/c42-37(25-21-33-13-5-1-6-14-33)46-29-41(30-47-38(43)26-22-34-15-7-2-8-16-34,31-48-39(44)27-23-35-17-9-3-10-18-35)32-49-40(45)28-24-36-19-11-4-12-20-36;1-13(2,3)10-8-7-9-11(12(10)15)14(4,5)6/h1-20H,21-32H2;7-9,15H,1-6H3. The number of carbonyl (C=O) groups excluding carboxylic acids is 4. The quantitative estimate of drug-likeness (QED) is 0.0601. The second-order valence-electron chi connectivity index (χ2n) is 18.3. The molecule has 5 aromatic carbocycles. The van der Waals surface area contributed by atoms with Gasteiger partial charge in [-0.15, -0.1) is 0 Å². The summed E-state index contributed by atoms with van der Waals surface area (Å²) in [5.74, 6) is -1.45. The summed E-state index contributed by atoms with van der Waals surface area (Å²) in [7, 11) is 0. The Balaban J connectivity index is 0.000000506. The summed E-state index contributed by atoms with van der Waals surface area (Å²) in [5, 5.41) is 10.3. The third-order valence-corrected chi connectivity index (χ3v) is 10.7. The van der Waals surface area contributed by atoms with Crippen molar-refractivity contribution in [3.63, 3.8) is 0 Å². The number of hydrogen-bond donors (Lipinski definition) is 1. The van der Waals surface area contributed by atoms with E-state index in [-0.39, 0.29) is 62.9 Å². The molecule has 0 aromatic heterocycles. The monoisotopic (exact) mass is 870 g/mol. The van der Waals surface area contributed by atoms with Crippen molar-refractivity contribution in [3.05, 3.63) is 173 Å². The number of hydrogen-bond acceptors (Lipinski definition) is 9. The average molecular weight is 871 g/mol. The minimum atomic E-state index is -1.32. The Morgan fingerprint density at radius 2 is 0.609 bits per heavy atom. The van der Waals surface area contributed by atoms with Gasteiger partial charge in [0.2, 0.25) is 0 Å². The Morgan fingerprint density at radius 1 is 0.375 bits per heavy atom. The number of phenolic OH excluding ortho intramolecular Hbond substituents is 1. The van der Waals surface area contributed by atoms with E-state index in [1.54, 1.807) is 0 Å². The van der Waals surface area contributed by atoms with Gasteiger partial charge in [0, 0.05) is 25.7 Å². The van der Waals surface area contributed by atoms with Gasteiger partial charge in [-0.05, 0) is 69.9 Å². The van der Waals surface area contributed by atoms with E-state index in [0.717, 1.165) is 33.4 Å². The first-order valence-corrected chi connectivity index (χ1v) is 22.1. The van der Waals surface area contributed by atoms with Crippen LogP contribution in [0.15, 0.2) is 140 Å². The Kier molecular flexibility index (Phi) is 19.8. The van der Waals surface area contributed by atoms with Gasteiger partial charge in [-0.2, -0.15) is 0 Å². The molecule has 9 heteroatoms. The minimum absolute atomic E-state index is 0.00859. The van der Waals surface area contributed by atoms with Crippen molar-refractivity contribution in [1.29, 1.82) is 0 Å². The molecule has 0 atom stereocenters. The smallest absolute Gasteiger partial charge is 0.306 e. The van der Waals surface area contributed by atoms with E-state index >= 15 is 0 Å². The zero-order valence-corrected chi connectivity index (χ0v) is 38.5. The fourth-order valence-electron chi connectivity index (χ4n) is 6.79. The second-order valence-corrected chi connectivity index (χ2v) is 18.3. The molecule has 0 radical (unpaired) electrons. The van der Waals surface area contributed by atoms with E-state index in [0.29, 0.717) is 31.4 Å². The zero-order chi connectivity index (χ0) is 46.4. The number of phenols is 1. The van der Waals surface area contributed by atoms with Crippen molar-refractivity contribution in [2.24, 2.45) is 5.41 Å². The molecule has 0 spiro atoms. The van der Waals surface area contributed by atoms with E-state index < -0.39 is 29.3 Å². The Bertz CT molecular complexity index is 1900. The molecule has 9 nitrogen and oxygen atoms in total. The molecule has 5 rings (SSSR count). The van der Waals surface area contributed by atoms with Gasteiger partial charge in [-0.25, -0.2) is 0 Å². The molecule has 0 fully saturated rings. The van der Waals surface area contributed by atoms with E-state index in [9.17, 15) is 24.3 Å². The van der Waals surface area contributed by atoms with Crippen LogP contribution in [0.3, 0.4) is 0 Å². The number of aryl methyl sites for hydroxylation is 4. The van der Waals surface area contributed by atoms with Crippen LogP contribution < -0.4 is 0 Å². The van der Waals surface area contributed by atoms with Crippen LogP contribution in [-0.2, 0) is 74.6 Å². The number of aromatic hydroxyl groups is 1. The summed E-state index contributed by atoms with van der Waals surface area (Å²) in [6, 6.07) is 44.3. The largest absolute Gasteiger partial charge is 0.507 e. The molecule has 64 heavy (non-hydrogen) atoms. The van der Waals surface area contributed by atoms with Crippen molar-refractivity contribution in [1.82, 2.24) is 0 Å². The summed E-state index contributed by atoms with van der Waals surface area (Å²) in [4.78, 5) is 51.6. The molecule has 0 heterocycles. The third-order valence-electron chi connectivity index (χ3n) is 10.7. The molecule has 5 aromatic rings. The maximum absolute atomic E-state index is 12.9. The summed E-state index contributed by atoms with van der Waals surface area (Å²) in [6.45, 7) is 11.6. The van der Waals surface area contributed by atoms with Crippen molar-refractivity contribution in [2.75, 3.05) is 26.4 Å². The van der Waals surface area contributed by atoms with Gasteiger partial charge in [0.15, 0.2) is 0 Å². The van der Waals surface area contributed by atoms with Gasteiger partial charge in [-0.3, -0.25) is 19.2 Å². The van der Waals surface area contributed by atoms with Gasteiger partial charge in [0.1, 0.15) is 37.6 Å². The lowest BCUT2D eigenvalue weighted by Gasteiger charge is -2.31. The molecular formula is C55H66O9. The topological polar surface area (TPSA) is 125 Å². The first-order valence-electron chi connectivity index (χ1n) is 22.1. The highest BCUT2D eigenvalue weighted by Crippen LogP contribution is 2.38. The number of rotatable bonds is 20. The number of carbonyl (C=O) groups is 4. The Labute approximate surface area is 380 Å². The van der Waals surface area contributed by atoms with Gasteiger partial charge in [0.25, 0.3) is 0 Å². The second kappa shape index (κ2) is 25.2. The lowest BCUT2D eigenvalue weighted by Crippen LogP contribution is -2.44. The summed E-state index contributed by atoms with van der Waals surface area (Å²) < 4.78 is 22.8. The summed E-state index contributed by atoms with van der Waals surface area (Å²) in [6.07, 6.45) is 2.37. The van der Waals surface area contributed by atoms with E-state index in [1.165, 1.54) is 0 Å². The molecule has 0 bridgehead atoms. The maximum Gasteiger partial charge on any atom is 0.306 e. The van der Waals surface area contributed by atoms with Crippen LogP contribution in [0.1, 0.15) is 101 Å². The highest BCUT2D eigenvalue weighted by Gasteiger charge is 2.38. The van der Waals surface area contributed by atoms with Crippen LogP contribution in [0.5, 0.6) is 5.75 Å². The maximum atomic E-state index is 12.9. The van der Waals surface area contributed by atoms with Crippen LogP contribution in [-0.4, -0.2) is 55.4 Å². The number of ether oxygens (including phenoxy) is 4. The molecule has 1 N–H and O–H groups in total. The van der Waals surface area contributed by atoms with E-state index in [1.807, 2.05) is 140 Å². The minimum Gasteiger partial charge on any atom is -0.507 e. The summed E-state index contributed by atoms with van der Waals surface area (Å²) in [5.41, 5.74) is 4.64. The third kappa shape index (κ3) is 18.2. The molecule has 0 aliphatic heterocycles. The fourth-order valence-corrected chi connectivity index (χ4v) is 6.79. The molecule has 0 saturated carbocycles. The van der Waals surface area contributed by atoms with Crippen LogP contribution in [0, 0.1) is 5.41 Å². The first kappa shape index (κ1) is 50.4. The lowest BCUT2D eigenvalue weighted by atomic mass is 9.80. The van der Waals surface area contributed by atoms with Gasteiger partial charge in [-0.1, -0.05) is 181 Å². The molecule has 0 aliphatic rings. The molecule has 0 amide bonds. The van der Waals surface area contributed by atoms with Crippen LogP contribution >= 0.6 is 0 Å². The van der Waals surface area contributed by atoms with Gasteiger partial charge in [0.05, 0.1) is 0 Å². The molecule has 0 unspecified atom stereocenters. The van der Waals surface area contributed by atoms with Crippen molar-refractivity contribution < 1.29 is 43.2 Å². The first-order chi connectivity index (χ1) is 30.5. The van der Waals surface area contributed by atoms with E-state index in [2.05, 4.69) is 41.5 Å². The molecular weight excluding hydrogens is 805 g/mol. The van der Waals surface area contributed by atoms with Crippen molar-refractivity contribution in [2.45, 2.75) is 104 Å². The predicted molar refractivity (Wildman–Crippen MR) is 251 cm³/mol. The Morgan fingerprint density at radius 3 is 0.828 bits per heavy atom. The molecule has 0 saturated heterocycles. The number of para-hydroxylation sites is 1. The number of benzene rings is 5. The fraction of sp³-hybridized carbons (Fsp3) is 0.382. The van der Waals surface area contributed by atoms with Crippen LogP contribution in [0.2, 0.25) is 0 Å². The van der Waals surface area contributed by atoms with Crippen LogP contribution in [0.4, 0.5) is 0 Å². The number of esters is 4. The Hall–Kier alpha value is -6.22. The van der Waals surface area contributed by atoms with Crippen LogP contribution in [0.25, 0.3) is 0 Å². The van der Waals surface area contributed by atoms with Crippen molar-refractivity contribution in [3.8, 4) is 5.75 Å². The van der Waals surface area contributed by atoms with Gasteiger partial charge >= 0.3 is 23.9 Å². The van der Waals surface area contributed by atoms with E-state index in [4.69, 9.17) is 18.9 Å². The normalized spacial score (nSPS) is 11.4. The van der Waals surface area contributed by atoms with Crippen molar-refractivity contribution >= 4 is 23.9 Å². The molecule has 340 valence electrons. The zero-order valence-electron chi connectivity index (χ0n) is 38.5.